The van der Waals surface area contributed by atoms with E-state index in [9.17, 15) is 5.11 Å². The number of aliphatic hydroxyl groups is 1. The summed E-state index contributed by atoms with van der Waals surface area (Å²) in [6, 6.07) is 0.664. The van der Waals surface area contributed by atoms with Crippen LogP contribution in [0, 0.1) is 5.92 Å². The van der Waals surface area contributed by atoms with Crippen LogP contribution in [0.5, 0.6) is 0 Å². The van der Waals surface area contributed by atoms with Gasteiger partial charge in [-0.2, -0.15) is 0 Å². The Labute approximate surface area is 92.4 Å². The fourth-order valence-electron chi connectivity index (χ4n) is 2.72. The molecule has 0 aliphatic carbocycles. The van der Waals surface area contributed by atoms with Gasteiger partial charge in [0.25, 0.3) is 0 Å². The lowest BCUT2D eigenvalue weighted by Crippen LogP contribution is -2.46. The number of hydrogen-bond acceptors (Lipinski definition) is 3. The van der Waals surface area contributed by atoms with Crippen molar-refractivity contribution in [1.29, 1.82) is 0 Å². The van der Waals surface area contributed by atoms with E-state index in [2.05, 4.69) is 11.8 Å². The predicted octanol–water partition coefficient (Wildman–Crippen LogP) is 1.26. The van der Waals surface area contributed by atoms with Crippen LogP contribution in [0.25, 0.3) is 0 Å². The molecular weight excluding hydrogens is 190 g/mol. The van der Waals surface area contributed by atoms with E-state index in [4.69, 9.17) is 4.74 Å². The van der Waals surface area contributed by atoms with Crippen molar-refractivity contribution in [2.75, 3.05) is 26.3 Å². The maximum Gasteiger partial charge on any atom is 0.0702 e. The maximum absolute atomic E-state index is 9.20. The molecule has 2 fully saturated rings. The molecule has 1 N–H and O–H groups in total. The van der Waals surface area contributed by atoms with Crippen molar-refractivity contribution in [3.8, 4) is 0 Å². The summed E-state index contributed by atoms with van der Waals surface area (Å²) < 4.78 is 5.67. The second-order valence-corrected chi connectivity index (χ2v) is 5.06. The van der Waals surface area contributed by atoms with E-state index in [1.165, 1.54) is 25.7 Å². The highest BCUT2D eigenvalue weighted by Crippen LogP contribution is 2.23. The Hall–Kier alpha value is -0.120. The summed E-state index contributed by atoms with van der Waals surface area (Å²) in [5.74, 6) is 0.489. The molecule has 3 atom stereocenters. The van der Waals surface area contributed by atoms with Crippen LogP contribution in [0.3, 0.4) is 0 Å². The molecule has 2 aliphatic heterocycles. The molecular formula is C12H23NO2. The number of piperidine rings is 1. The van der Waals surface area contributed by atoms with Gasteiger partial charge in [-0.05, 0) is 38.5 Å². The molecule has 2 heterocycles. The molecule has 2 aliphatic rings. The Morgan fingerprint density at radius 2 is 2.20 bits per heavy atom. The second kappa shape index (κ2) is 5.28. The normalized spacial score (nSPS) is 38.4. The average molecular weight is 213 g/mol. The summed E-state index contributed by atoms with van der Waals surface area (Å²) in [7, 11) is 0. The molecule has 0 aromatic heterocycles. The lowest BCUT2D eigenvalue weighted by atomic mass is 9.94. The van der Waals surface area contributed by atoms with Gasteiger partial charge in [0.2, 0.25) is 0 Å². The monoisotopic (exact) mass is 213 g/mol. The van der Waals surface area contributed by atoms with E-state index in [-0.39, 0.29) is 0 Å². The minimum absolute atomic E-state index is 0.342. The molecule has 0 spiro atoms. The first kappa shape index (κ1) is 11.4. The number of hydrogen-bond donors (Lipinski definition) is 1. The Kier molecular flexibility index (Phi) is 4.00. The molecule has 88 valence electrons. The summed E-state index contributed by atoms with van der Waals surface area (Å²) in [5, 5.41) is 9.20. The molecule has 0 saturated carbocycles. The van der Waals surface area contributed by atoms with Crippen molar-refractivity contribution in [3.05, 3.63) is 0 Å². The van der Waals surface area contributed by atoms with E-state index in [0.717, 1.165) is 19.7 Å². The van der Waals surface area contributed by atoms with Crippen molar-refractivity contribution >= 4 is 0 Å². The summed E-state index contributed by atoms with van der Waals surface area (Å²) in [4.78, 5) is 2.50. The highest BCUT2D eigenvalue weighted by atomic mass is 16.5. The van der Waals surface area contributed by atoms with Crippen LogP contribution >= 0.6 is 0 Å². The van der Waals surface area contributed by atoms with Gasteiger partial charge in [-0.3, -0.25) is 4.90 Å². The molecule has 0 aromatic rings. The lowest BCUT2D eigenvalue weighted by molar-refractivity contribution is 0.0248. The molecule has 0 aromatic carbocycles. The number of ether oxygens (including phenoxy) is 1. The van der Waals surface area contributed by atoms with Crippen molar-refractivity contribution in [3.63, 3.8) is 0 Å². The van der Waals surface area contributed by atoms with Gasteiger partial charge in [-0.25, -0.2) is 0 Å². The summed E-state index contributed by atoms with van der Waals surface area (Å²) in [6.07, 6.45) is 5.28. The maximum atomic E-state index is 9.20. The van der Waals surface area contributed by atoms with E-state index >= 15 is 0 Å². The third-order valence-electron chi connectivity index (χ3n) is 3.83. The Balaban J connectivity index is 1.82. The van der Waals surface area contributed by atoms with Gasteiger partial charge in [0.15, 0.2) is 0 Å². The zero-order valence-electron chi connectivity index (χ0n) is 9.69. The molecule has 3 heteroatoms. The first-order valence-corrected chi connectivity index (χ1v) is 6.26. The van der Waals surface area contributed by atoms with Crippen LogP contribution in [0.2, 0.25) is 0 Å². The molecule has 2 saturated heterocycles. The number of nitrogens with zero attached hydrogens (tertiary/aromatic N) is 1. The topological polar surface area (TPSA) is 32.7 Å². The highest BCUT2D eigenvalue weighted by Gasteiger charge is 2.28. The van der Waals surface area contributed by atoms with Gasteiger partial charge >= 0.3 is 0 Å². The summed E-state index contributed by atoms with van der Waals surface area (Å²) >= 11 is 0. The van der Waals surface area contributed by atoms with Crippen molar-refractivity contribution < 1.29 is 9.84 Å². The molecule has 2 rings (SSSR count). The van der Waals surface area contributed by atoms with Gasteiger partial charge in [-0.15, -0.1) is 0 Å². The summed E-state index contributed by atoms with van der Waals surface area (Å²) in [5.41, 5.74) is 0. The van der Waals surface area contributed by atoms with Crippen LogP contribution in [0.1, 0.15) is 32.6 Å². The fourth-order valence-corrected chi connectivity index (χ4v) is 2.72. The third kappa shape index (κ3) is 2.92. The summed E-state index contributed by atoms with van der Waals surface area (Å²) in [6.45, 7) is 5.70. The van der Waals surface area contributed by atoms with Gasteiger partial charge in [0, 0.05) is 32.3 Å². The first-order valence-electron chi connectivity index (χ1n) is 6.26. The van der Waals surface area contributed by atoms with Gasteiger partial charge in [-0.1, -0.05) is 0 Å². The van der Waals surface area contributed by atoms with Gasteiger partial charge in [0.1, 0.15) is 0 Å². The van der Waals surface area contributed by atoms with E-state index < -0.39 is 0 Å². The lowest BCUT2D eigenvalue weighted by Gasteiger charge is -2.38. The van der Waals surface area contributed by atoms with E-state index in [1.807, 2.05) is 0 Å². The quantitative estimate of drug-likeness (QED) is 0.766. The zero-order chi connectivity index (χ0) is 10.7. The van der Waals surface area contributed by atoms with Gasteiger partial charge < -0.3 is 9.84 Å². The highest BCUT2D eigenvalue weighted by molar-refractivity contribution is 4.81. The smallest absolute Gasteiger partial charge is 0.0702 e. The van der Waals surface area contributed by atoms with Gasteiger partial charge in [0.05, 0.1) is 6.10 Å². The van der Waals surface area contributed by atoms with Crippen molar-refractivity contribution in [1.82, 2.24) is 4.90 Å². The largest absolute Gasteiger partial charge is 0.396 e. The van der Waals surface area contributed by atoms with Crippen LogP contribution in [0.4, 0.5) is 0 Å². The first-order chi connectivity index (χ1) is 7.29. The Morgan fingerprint density at radius 1 is 1.33 bits per heavy atom. The molecule has 3 nitrogen and oxygen atoms in total. The zero-order valence-corrected chi connectivity index (χ0v) is 9.69. The molecule has 3 unspecified atom stereocenters. The van der Waals surface area contributed by atoms with E-state index in [1.54, 1.807) is 0 Å². The van der Waals surface area contributed by atoms with Crippen LogP contribution in [-0.4, -0.2) is 48.5 Å². The fraction of sp³-hybridized carbons (Fsp3) is 1.00. The minimum Gasteiger partial charge on any atom is -0.396 e. The number of rotatable bonds is 3. The minimum atomic E-state index is 0.342. The van der Waals surface area contributed by atoms with Crippen LogP contribution < -0.4 is 0 Å². The van der Waals surface area contributed by atoms with Crippen molar-refractivity contribution in [2.24, 2.45) is 5.92 Å². The predicted molar refractivity (Wildman–Crippen MR) is 59.8 cm³/mol. The van der Waals surface area contributed by atoms with Crippen LogP contribution in [-0.2, 0) is 4.74 Å². The third-order valence-corrected chi connectivity index (χ3v) is 3.83. The number of likely N-dealkylation sites (tertiary alicyclic amines) is 1. The second-order valence-electron chi connectivity index (χ2n) is 5.06. The van der Waals surface area contributed by atoms with E-state index in [0.29, 0.717) is 24.7 Å². The molecule has 0 bridgehead atoms. The molecule has 0 amide bonds. The van der Waals surface area contributed by atoms with Crippen LogP contribution in [0.15, 0.2) is 0 Å². The molecule has 15 heavy (non-hydrogen) atoms. The Morgan fingerprint density at radius 3 is 2.87 bits per heavy atom. The van der Waals surface area contributed by atoms with Crippen molar-refractivity contribution in [2.45, 2.75) is 44.8 Å². The average Bonchev–Trinajstić information content (AvgIpc) is 2.74. The Bertz CT molecular complexity index is 192. The number of aliphatic hydroxyl groups excluding tert-OH is 1. The SMILES string of the molecule is CC1CCC(CO)CN1CC1CCCO1. The molecule has 0 radical (unpaired) electrons. The standard InChI is InChI=1S/C12H23NO2/c1-10-4-5-11(9-14)7-13(10)8-12-3-2-6-15-12/h10-12,14H,2-9H2,1H3.